The van der Waals surface area contributed by atoms with E-state index in [1.165, 1.54) is 0 Å². The van der Waals surface area contributed by atoms with Crippen LogP contribution in [-0.2, 0) is 20.0 Å². The Labute approximate surface area is 192 Å². The largest absolute Gasteiger partial charge is 0.493 e. The maximum absolute atomic E-state index is 13.1. The molecule has 2 amide bonds. The summed E-state index contributed by atoms with van der Waals surface area (Å²) in [6.07, 6.45) is 2.60. The molecule has 0 spiro atoms. The number of rotatable bonds is 8. The Hall–Kier alpha value is -2.83. The van der Waals surface area contributed by atoms with E-state index in [1.807, 2.05) is 48.1 Å². The summed E-state index contributed by atoms with van der Waals surface area (Å²) in [6, 6.07) is 14.4. The van der Waals surface area contributed by atoms with Gasteiger partial charge in [-0.2, -0.15) is 0 Å². The minimum Gasteiger partial charge on any atom is -0.493 e. The lowest BCUT2D eigenvalue weighted by Gasteiger charge is -2.24. The standard InChI is InChI=1S/C23H25Cl2N3O3/c1-27-11-4-5-18(27)15-28(23(29)26-20-8-7-17(24)14-19(20)25)12-10-16-6-9-21(30-2)22(13-16)31-3/h4-9,11,13-14H,10,12,15H2,1-3H3,(H,26,29). The van der Waals surface area contributed by atoms with Crippen molar-refractivity contribution in [3.63, 3.8) is 0 Å². The number of hydrogen-bond donors (Lipinski definition) is 1. The topological polar surface area (TPSA) is 55.7 Å². The third-order valence-corrected chi connectivity index (χ3v) is 5.53. The average Bonchev–Trinajstić information content (AvgIpc) is 3.17. The molecule has 0 aliphatic heterocycles. The van der Waals surface area contributed by atoms with Crippen LogP contribution in [0.1, 0.15) is 11.3 Å². The van der Waals surface area contributed by atoms with Gasteiger partial charge in [0.2, 0.25) is 0 Å². The van der Waals surface area contributed by atoms with Gasteiger partial charge >= 0.3 is 6.03 Å². The van der Waals surface area contributed by atoms with Crippen LogP contribution < -0.4 is 14.8 Å². The molecule has 0 atom stereocenters. The maximum Gasteiger partial charge on any atom is 0.322 e. The van der Waals surface area contributed by atoms with E-state index in [2.05, 4.69) is 5.32 Å². The van der Waals surface area contributed by atoms with Gasteiger partial charge in [0, 0.05) is 30.5 Å². The molecule has 3 rings (SSSR count). The highest BCUT2D eigenvalue weighted by Crippen LogP contribution is 2.28. The van der Waals surface area contributed by atoms with E-state index in [0.29, 0.717) is 46.7 Å². The van der Waals surface area contributed by atoms with E-state index in [9.17, 15) is 4.79 Å². The summed E-state index contributed by atoms with van der Waals surface area (Å²) in [5, 5.41) is 3.79. The molecule has 31 heavy (non-hydrogen) atoms. The van der Waals surface area contributed by atoms with Gasteiger partial charge in [-0.15, -0.1) is 0 Å². The third-order valence-electron chi connectivity index (χ3n) is 4.98. The molecule has 0 radical (unpaired) electrons. The summed E-state index contributed by atoms with van der Waals surface area (Å²) in [4.78, 5) is 14.8. The first-order valence-corrected chi connectivity index (χ1v) is 10.5. The van der Waals surface area contributed by atoms with Crippen LogP contribution in [0.5, 0.6) is 11.5 Å². The molecule has 0 aliphatic carbocycles. The molecule has 0 bridgehead atoms. The van der Waals surface area contributed by atoms with Crippen molar-refractivity contribution in [2.45, 2.75) is 13.0 Å². The molecule has 0 aliphatic rings. The number of anilines is 1. The minimum absolute atomic E-state index is 0.245. The van der Waals surface area contributed by atoms with Crippen LogP contribution in [0.15, 0.2) is 54.7 Å². The van der Waals surface area contributed by atoms with Crippen molar-refractivity contribution in [1.29, 1.82) is 0 Å². The Morgan fingerprint density at radius 1 is 1.06 bits per heavy atom. The summed E-state index contributed by atoms with van der Waals surface area (Å²) in [5.74, 6) is 1.33. The number of methoxy groups -OCH3 is 2. The average molecular weight is 462 g/mol. The van der Waals surface area contributed by atoms with Crippen LogP contribution in [0.2, 0.25) is 10.0 Å². The maximum atomic E-state index is 13.1. The lowest BCUT2D eigenvalue weighted by atomic mass is 10.1. The molecule has 0 saturated carbocycles. The number of aryl methyl sites for hydroxylation is 1. The van der Waals surface area contributed by atoms with Crippen molar-refractivity contribution in [3.05, 3.63) is 76.0 Å². The van der Waals surface area contributed by atoms with E-state index < -0.39 is 0 Å². The highest BCUT2D eigenvalue weighted by Gasteiger charge is 2.17. The number of halogens is 2. The molecule has 0 fully saturated rings. The van der Waals surface area contributed by atoms with Crippen molar-refractivity contribution < 1.29 is 14.3 Å². The number of aromatic nitrogens is 1. The van der Waals surface area contributed by atoms with Gasteiger partial charge in [-0.05, 0) is 54.4 Å². The molecule has 2 aromatic carbocycles. The lowest BCUT2D eigenvalue weighted by molar-refractivity contribution is 0.208. The normalized spacial score (nSPS) is 10.6. The Morgan fingerprint density at radius 2 is 1.84 bits per heavy atom. The fourth-order valence-electron chi connectivity index (χ4n) is 3.19. The highest BCUT2D eigenvalue weighted by atomic mass is 35.5. The van der Waals surface area contributed by atoms with Crippen molar-refractivity contribution in [2.24, 2.45) is 7.05 Å². The number of amides is 2. The van der Waals surface area contributed by atoms with Crippen LogP contribution in [0, 0.1) is 0 Å². The number of benzene rings is 2. The monoisotopic (exact) mass is 461 g/mol. The smallest absolute Gasteiger partial charge is 0.322 e. The molecule has 1 aromatic heterocycles. The van der Waals surface area contributed by atoms with Crippen LogP contribution in [-0.4, -0.2) is 36.3 Å². The summed E-state index contributed by atoms with van der Waals surface area (Å²) in [5.41, 5.74) is 2.57. The van der Waals surface area contributed by atoms with Crippen molar-refractivity contribution >= 4 is 34.9 Å². The second-order valence-corrected chi connectivity index (χ2v) is 7.87. The zero-order valence-corrected chi connectivity index (χ0v) is 19.2. The van der Waals surface area contributed by atoms with Crippen LogP contribution >= 0.6 is 23.2 Å². The van der Waals surface area contributed by atoms with E-state index in [-0.39, 0.29) is 6.03 Å². The summed E-state index contributed by atoms with van der Waals surface area (Å²) < 4.78 is 12.7. The van der Waals surface area contributed by atoms with Crippen molar-refractivity contribution in [3.8, 4) is 11.5 Å². The molecule has 6 nitrogen and oxygen atoms in total. The van der Waals surface area contributed by atoms with Crippen molar-refractivity contribution in [2.75, 3.05) is 26.1 Å². The fourth-order valence-corrected chi connectivity index (χ4v) is 3.65. The number of hydrogen-bond acceptors (Lipinski definition) is 3. The molecule has 3 aromatic rings. The summed E-state index contributed by atoms with van der Waals surface area (Å²) in [7, 11) is 5.16. The minimum atomic E-state index is -0.245. The first-order valence-electron chi connectivity index (χ1n) is 9.73. The second-order valence-electron chi connectivity index (χ2n) is 7.03. The quantitative estimate of drug-likeness (QED) is 0.473. The summed E-state index contributed by atoms with van der Waals surface area (Å²) >= 11 is 12.2. The van der Waals surface area contributed by atoms with E-state index in [4.69, 9.17) is 32.7 Å². The Balaban J connectivity index is 1.77. The van der Waals surface area contributed by atoms with E-state index in [0.717, 1.165) is 11.3 Å². The zero-order chi connectivity index (χ0) is 22.4. The van der Waals surface area contributed by atoms with Gasteiger partial charge in [0.1, 0.15) is 0 Å². The molecule has 1 N–H and O–H groups in total. The predicted octanol–water partition coefficient (Wildman–Crippen LogP) is 5.63. The van der Waals surface area contributed by atoms with Gasteiger partial charge in [-0.1, -0.05) is 29.3 Å². The molecule has 0 saturated heterocycles. The molecule has 0 unspecified atom stereocenters. The van der Waals surface area contributed by atoms with Crippen LogP contribution in [0.3, 0.4) is 0 Å². The lowest BCUT2D eigenvalue weighted by Crippen LogP contribution is -2.36. The molecular weight excluding hydrogens is 437 g/mol. The molecular formula is C23H25Cl2N3O3. The third kappa shape index (κ3) is 5.87. The van der Waals surface area contributed by atoms with E-state index >= 15 is 0 Å². The molecule has 1 heterocycles. The summed E-state index contributed by atoms with van der Waals surface area (Å²) in [6.45, 7) is 0.950. The zero-order valence-electron chi connectivity index (χ0n) is 17.7. The van der Waals surface area contributed by atoms with Crippen molar-refractivity contribution in [1.82, 2.24) is 9.47 Å². The number of nitrogens with zero attached hydrogens (tertiary/aromatic N) is 2. The first-order chi connectivity index (χ1) is 14.9. The Bertz CT molecular complexity index is 1050. The Morgan fingerprint density at radius 3 is 2.48 bits per heavy atom. The van der Waals surface area contributed by atoms with Gasteiger partial charge in [0.05, 0.1) is 31.5 Å². The predicted molar refractivity (Wildman–Crippen MR) is 125 cm³/mol. The van der Waals surface area contributed by atoms with Gasteiger partial charge in [0.15, 0.2) is 11.5 Å². The number of carbonyl (C=O) groups is 1. The number of carbonyl (C=O) groups excluding carboxylic acids is 1. The Kier molecular flexibility index (Phi) is 7.71. The highest BCUT2D eigenvalue weighted by molar-refractivity contribution is 6.36. The van der Waals surface area contributed by atoms with Crippen LogP contribution in [0.25, 0.3) is 0 Å². The number of nitrogens with one attached hydrogen (secondary N) is 1. The van der Waals surface area contributed by atoms with Gasteiger partial charge in [0.25, 0.3) is 0 Å². The molecule has 164 valence electrons. The molecule has 8 heteroatoms. The second kappa shape index (κ2) is 10.5. The van der Waals surface area contributed by atoms with Crippen LogP contribution in [0.4, 0.5) is 10.5 Å². The van der Waals surface area contributed by atoms with Gasteiger partial charge < -0.3 is 24.3 Å². The van der Waals surface area contributed by atoms with E-state index in [1.54, 1.807) is 37.3 Å². The SMILES string of the molecule is COc1ccc(CCN(Cc2cccn2C)C(=O)Nc2ccc(Cl)cc2Cl)cc1OC. The van der Waals surface area contributed by atoms with Gasteiger partial charge in [-0.25, -0.2) is 4.79 Å². The van der Waals surface area contributed by atoms with Gasteiger partial charge in [-0.3, -0.25) is 0 Å². The fraction of sp³-hybridized carbons (Fsp3) is 0.261. The number of ether oxygens (including phenoxy) is 2. The number of urea groups is 1. The first kappa shape index (κ1) is 22.8.